The predicted octanol–water partition coefficient (Wildman–Crippen LogP) is 1.83. The lowest BCUT2D eigenvalue weighted by Gasteiger charge is -2.16. The molecule has 0 bridgehead atoms. The Balaban J connectivity index is 1.60. The van der Waals surface area contributed by atoms with E-state index in [1.807, 2.05) is 37.3 Å². The smallest absolute Gasteiger partial charge is 0.231 e. The summed E-state index contributed by atoms with van der Waals surface area (Å²) in [7, 11) is 0. The summed E-state index contributed by atoms with van der Waals surface area (Å²) in [6, 6.07) is 9.78. The van der Waals surface area contributed by atoms with Crippen molar-refractivity contribution in [2.75, 3.05) is 11.9 Å². The minimum atomic E-state index is -0.333. The summed E-state index contributed by atoms with van der Waals surface area (Å²) < 4.78 is 0. The molecular formula is C15H16N4O2S. The second-order valence-corrected chi connectivity index (χ2v) is 6.46. The van der Waals surface area contributed by atoms with E-state index in [9.17, 15) is 9.59 Å². The number of carbonyl (C=O) groups excluding carboxylic acids is 2. The van der Waals surface area contributed by atoms with E-state index in [2.05, 4.69) is 15.5 Å². The summed E-state index contributed by atoms with van der Waals surface area (Å²) >= 11 is 1.33. The van der Waals surface area contributed by atoms with Crippen LogP contribution in [0.15, 0.2) is 30.3 Å². The van der Waals surface area contributed by atoms with E-state index in [1.165, 1.54) is 11.3 Å². The first-order chi connectivity index (χ1) is 10.6. The van der Waals surface area contributed by atoms with Gasteiger partial charge < -0.3 is 10.2 Å². The van der Waals surface area contributed by atoms with E-state index in [0.717, 1.165) is 10.6 Å². The molecule has 1 saturated heterocycles. The predicted molar refractivity (Wildman–Crippen MR) is 83.2 cm³/mol. The zero-order chi connectivity index (χ0) is 15.5. The Bertz CT molecular complexity index is 686. The number of anilines is 1. The molecule has 6 nitrogen and oxygen atoms in total. The number of benzene rings is 1. The van der Waals surface area contributed by atoms with Crippen LogP contribution in [0.3, 0.4) is 0 Å². The topological polar surface area (TPSA) is 75.2 Å². The summed E-state index contributed by atoms with van der Waals surface area (Å²) in [5.74, 6) is -0.488. The van der Waals surface area contributed by atoms with Crippen LogP contribution in [-0.4, -0.2) is 33.5 Å². The number of hydrogen-bond acceptors (Lipinski definition) is 5. The second kappa shape index (κ2) is 6.23. The molecule has 0 radical (unpaired) electrons. The van der Waals surface area contributed by atoms with Crippen LogP contribution in [0.4, 0.5) is 5.13 Å². The summed E-state index contributed by atoms with van der Waals surface area (Å²) in [5, 5.41) is 11.7. The number of nitrogens with zero attached hydrogens (tertiary/aromatic N) is 3. The van der Waals surface area contributed by atoms with Crippen LogP contribution in [0.2, 0.25) is 0 Å². The number of rotatable bonds is 4. The van der Waals surface area contributed by atoms with Gasteiger partial charge in [-0.2, -0.15) is 0 Å². The molecule has 1 aliphatic rings. The minimum Gasteiger partial charge on any atom is -0.338 e. The van der Waals surface area contributed by atoms with Gasteiger partial charge in [-0.15, -0.1) is 10.2 Å². The Morgan fingerprint density at radius 2 is 2.14 bits per heavy atom. The van der Waals surface area contributed by atoms with Crippen LogP contribution >= 0.6 is 11.3 Å². The number of aryl methyl sites for hydroxylation is 1. The van der Waals surface area contributed by atoms with Gasteiger partial charge in [-0.1, -0.05) is 41.7 Å². The molecule has 2 aromatic rings. The van der Waals surface area contributed by atoms with Crippen LogP contribution in [0.1, 0.15) is 17.0 Å². The van der Waals surface area contributed by atoms with Crippen molar-refractivity contribution in [3.63, 3.8) is 0 Å². The molecule has 3 rings (SSSR count). The largest absolute Gasteiger partial charge is 0.338 e. The van der Waals surface area contributed by atoms with Crippen molar-refractivity contribution in [1.29, 1.82) is 0 Å². The Morgan fingerprint density at radius 3 is 2.82 bits per heavy atom. The molecule has 1 aromatic heterocycles. The normalized spacial score (nSPS) is 17.8. The van der Waals surface area contributed by atoms with Crippen molar-refractivity contribution in [2.24, 2.45) is 5.92 Å². The standard InChI is InChI=1S/C15H16N4O2S/c1-10-17-18-15(22-10)16-14(21)12-7-13(20)19(9-12)8-11-5-3-2-4-6-11/h2-6,12H,7-9H2,1H3,(H,16,18,21)/t12-/m0/s1. The molecule has 0 aliphatic carbocycles. The molecule has 2 heterocycles. The van der Waals surface area contributed by atoms with Crippen LogP contribution in [0.5, 0.6) is 0 Å². The highest BCUT2D eigenvalue weighted by atomic mass is 32.1. The maximum atomic E-state index is 12.2. The molecule has 22 heavy (non-hydrogen) atoms. The highest BCUT2D eigenvalue weighted by Gasteiger charge is 2.34. The lowest BCUT2D eigenvalue weighted by atomic mass is 10.1. The summed E-state index contributed by atoms with van der Waals surface area (Å²) in [5.41, 5.74) is 1.07. The number of carbonyl (C=O) groups is 2. The lowest BCUT2D eigenvalue weighted by molar-refractivity contribution is -0.128. The zero-order valence-electron chi connectivity index (χ0n) is 12.2. The first-order valence-electron chi connectivity index (χ1n) is 7.04. The van der Waals surface area contributed by atoms with Crippen molar-refractivity contribution >= 4 is 28.3 Å². The van der Waals surface area contributed by atoms with Crippen molar-refractivity contribution in [3.8, 4) is 0 Å². The SMILES string of the molecule is Cc1nnc(NC(=O)[C@H]2CC(=O)N(Cc3ccccc3)C2)s1. The zero-order valence-corrected chi connectivity index (χ0v) is 13.0. The van der Waals surface area contributed by atoms with E-state index >= 15 is 0 Å². The van der Waals surface area contributed by atoms with Gasteiger partial charge in [0.2, 0.25) is 16.9 Å². The highest BCUT2D eigenvalue weighted by molar-refractivity contribution is 7.15. The van der Waals surface area contributed by atoms with Gasteiger partial charge in [-0.25, -0.2) is 0 Å². The van der Waals surface area contributed by atoms with Gasteiger partial charge in [0.15, 0.2) is 0 Å². The Hall–Kier alpha value is -2.28. The van der Waals surface area contributed by atoms with E-state index in [4.69, 9.17) is 0 Å². The summed E-state index contributed by atoms with van der Waals surface area (Å²) in [6.07, 6.45) is 0.246. The molecule has 1 aliphatic heterocycles. The second-order valence-electron chi connectivity index (χ2n) is 5.28. The third kappa shape index (κ3) is 3.30. The van der Waals surface area contributed by atoms with Crippen LogP contribution < -0.4 is 5.32 Å². The Kier molecular flexibility index (Phi) is 4.15. The summed E-state index contributed by atoms with van der Waals surface area (Å²) in [6.45, 7) is 2.81. The lowest BCUT2D eigenvalue weighted by Crippen LogP contribution is -2.28. The molecule has 1 N–H and O–H groups in total. The molecule has 114 valence electrons. The van der Waals surface area contributed by atoms with Crippen LogP contribution in [0.25, 0.3) is 0 Å². The van der Waals surface area contributed by atoms with E-state index in [1.54, 1.807) is 4.90 Å². The van der Waals surface area contributed by atoms with Gasteiger partial charge >= 0.3 is 0 Å². The number of amides is 2. The number of aromatic nitrogens is 2. The van der Waals surface area contributed by atoms with Gasteiger partial charge in [0.25, 0.3) is 0 Å². The van der Waals surface area contributed by atoms with Gasteiger partial charge in [-0.3, -0.25) is 9.59 Å². The van der Waals surface area contributed by atoms with E-state index in [0.29, 0.717) is 18.2 Å². The monoisotopic (exact) mass is 316 g/mol. The molecule has 1 aromatic carbocycles. The van der Waals surface area contributed by atoms with Crippen molar-refractivity contribution in [2.45, 2.75) is 19.9 Å². The van der Waals surface area contributed by atoms with E-state index in [-0.39, 0.29) is 24.2 Å². The average molecular weight is 316 g/mol. The minimum absolute atomic E-state index is 0.0115. The molecule has 7 heteroatoms. The first-order valence-corrected chi connectivity index (χ1v) is 7.86. The maximum absolute atomic E-state index is 12.2. The molecule has 2 amide bonds. The fraction of sp³-hybridized carbons (Fsp3) is 0.333. The molecular weight excluding hydrogens is 300 g/mol. The number of nitrogens with one attached hydrogen (secondary N) is 1. The quantitative estimate of drug-likeness (QED) is 0.934. The van der Waals surface area contributed by atoms with Gasteiger partial charge in [0.1, 0.15) is 5.01 Å². The fourth-order valence-electron chi connectivity index (χ4n) is 2.46. The van der Waals surface area contributed by atoms with Crippen molar-refractivity contribution in [1.82, 2.24) is 15.1 Å². The molecule has 0 unspecified atom stereocenters. The Morgan fingerprint density at radius 1 is 1.36 bits per heavy atom. The van der Waals surface area contributed by atoms with E-state index < -0.39 is 0 Å². The fourth-order valence-corrected chi connectivity index (χ4v) is 3.05. The highest BCUT2D eigenvalue weighted by Crippen LogP contribution is 2.22. The van der Waals surface area contributed by atoms with Crippen molar-refractivity contribution < 1.29 is 9.59 Å². The third-order valence-corrected chi connectivity index (χ3v) is 4.31. The molecule has 0 spiro atoms. The first kappa shape index (κ1) is 14.6. The number of likely N-dealkylation sites (tertiary alicyclic amines) is 1. The molecule has 1 fully saturated rings. The van der Waals surface area contributed by atoms with Crippen LogP contribution in [0, 0.1) is 12.8 Å². The molecule has 1 atom stereocenters. The van der Waals surface area contributed by atoms with Crippen LogP contribution in [-0.2, 0) is 16.1 Å². The maximum Gasteiger partial charge on any atom is 0.231 e. The van der Waals surface area contributed by atoms with Gasteiger partial charge in [0.05, 0.1) is 5.92 Å². The van der Waals surface area contributed by atoms with Crippen molar-refractivity contribution in [3.05, 3.63) is 40.9 Å². The average Bonchev–Trinajstić information content (AvgIpc) is 3.07. The summed E-state index contributed by atoms with van der Waals surface area (Å²) in [4.78, 5) is 26.0. The van der Waals surface area contributed by atoms with Gasteiger partial charge in [0, 0.05) is 19.5 Å². The number of hydrogen-bond donors (Lipinski definition) is 1. The van der Waals surface area contributed by atoms with Gasteiger partial charge in [-0.05, 0) is 12.5 Å². The molecule has 0 saturated carbocycles. The third-order valence-electron chi connectivity index (χ3n) is 3.56. The Labute approximate surface area is 132 Å².